The van der Waals surface area contributed by atoms with Crippen molar-refractivity contribution in [1.82, 2.24) is 4.90 Å². The van der Waals surface area contributed by atoms with Crippen LogP contribution in [-0.4, -0.2) is 30.4 Å². The maximum Gasteiger partial charge on any atom is 0.236 e. The molecule has 2 rings (SSSR count). The van der Waals surface area contributed by atoms with Crippen LogP contribution in [0.1, 0.15) is 63.9 Å². The molecule has 132 valence electrons. The van der Waals surface area contributed by atoms with Gasteiger partial charge in [-0.2, -0.15) is 0 Å². The number of amides is 2. The van der Waals surface area contributed by atoms with E-state index in [1.165, 1.54) is 30.6 Å². The molecule has 4 heteroatoms. The number of ether oxygens (including phenoxy) is 1. The molecule has 0 spiro atoms. The molecule has 0 radical (unpaired) electrons. The van der Waals surface area contributed by atoms with Crippen molar-refractivity contribution in [3.05, 3.63) is 29.8 Å². The molecule has 0 aromatic heterocycles. The summed E-state index contributed by atoms with van der Waals surface area (Å²) < 4.78 is 5.76. The van der Waals surface area contributed by atoms with Crippen molar-refractivity contribution < 1.29 is 14.3 Å². The molecule has 1 atom stereocenters. The van der Waals surface area contributed by atoms with Crippen LogP contribution in [0, 0.1) is 5.92 Å². The number of imide groups is 1. The Labute approximate surface area is 145 Å². The Hall–Kier alpha value is -1.84. The Bertz CT molecular complexity index is 551. The Balaban J connectivity index is 1.71. The zero-order chi connectivity index (χ0) is 17.5. The first-order chi connectivity index (χ1) is 11.5. The lowest BCUT2D eigenvalue weighted by Gasteiger charge is -2.11. The molecule has 0 saturated carbocycles. The standard InChI is InChI=1S/C20H29NO3/c1-15(2)8-6-4-5-7-13-24-17-11-9-16(10-12-17)18-14-19(22)21(3)20(18)23/h9-12,15,18H,4-8,13-14H2,1-3H3. The third-order valence-corrected chi connectivity index (χ3v) is 4.61. The third-order valence-electron chi connectivity index (χ3n) is 4.61. The van der Waals surface area contributed by atoms with Gasteiger partial charge in [-0.15, -0.1) is 0 Å². The fraction of sp³-hybridized carbons (Fsp3) is 0.600. The fourth-order valence-corrected chi connectivity index (χ4v) is 3.01. The SMILES string of the molecule is CC(C)CCCCCCOc1ccc(C2CC(=O)N(C)C2=O)cc1. The number of carbonyl (C=O) groups is 2. The summed E-state index contributed by atoms with van der Waals surface area (Å²) in [7, 11) is 1.54. The summed E-state index contributed by atoms with van der Waals surface area (Å²) in [5.41, 5.74) is 0.888. The highest BCUT2D eigenvalue weighted by Gasteiger charge is 2.36. The van der Waals surface area contributed by atoms with E-state index < -0.39 is 0 Å². The molecule has 1 unspecified atom stereocenters. The predicted molar refractivity (Wildman–Crippen MR) is 95.0 cm³/mol. The number of hydrogen-bond acceptors (Lipinski definition) is 3. The van der Waals surface area contributed by atoms with Gasteiger partial charge in [-0.05, 0) is 30.0 Å². The molecule has 1 aliphatic heterocycles. The second-order valence-corrected chi connectivity index (χ2v) is 7.06. The predicted octanol–water partition coefficient (Wildman–Crippen LogP) is 4.14. The lowest BCUT2D eigenvalue weighted by Crippen LogP contribution is -2.25. The van der Waals surface area contributed by atoms with Gasteiger partial charge < -0.3 is 4.74 Å². The smallest absolute Gasteiger partial charge is 0.236 e. The van der Waals surface area contributed by atoms with Crippen LogP contribution in [0.5, 0.6) is 5.75 Å². The second-order valence-electron chi connectivity index (χ2n) is 7.06. The van der Waals surface area contributed by atoms with Crippen LogP contribution in [0.4, 0.5) is 0 Å². The Kier molecular flexibility index (Phi) is 6.83. The maximum atomic E-state index is 12.0. The highest BCUT2D eigenvalue weighted by molar-refractivity contribution is 6.05. The van der Waals surface area contributed by atoms with Crippen molar-refractivity contribution in [2.45, 2.75) is 58.3 Å². The summed E-state index contributed by atoms with van der Waals surface area (Å²) in [6.07, 6.45) is 6.42. The minimum absolute atomic E-state index is 0.109. The summed E-state index contributed by atoms with van der Waals surface area (Å²) in [4.78, 5) is 24.8. The number of likely N-dealkylation sites (tertiary alicyclic amines) is 1. The van der Waals surface area contributed by atoms with Crippen molar-refractivity contribution in [2.75, 3.05) is 13.7 Å². The van der Waals surface area contributed by atoms with E-state index in [9.17, 15) is 9.59 Å². The van der Waals surface area contributed by atoms with Gasteiger partial charge in [0.2, 0.25) is 11.8 Å². The molecule has 0 N–H and O–H groups in total. The van der Waals surface area contributed by atoms with E-state index in [2.05, 4.69) is 13.8 Å². The van der Waals surface area contributed by atoms with Crippen LogP contribution in [0.2, 0.25) is 0 Å². The molecular weight excluding hydrogens is 302 g/mol. The monoisotopic (exact) mass is 331 g/mol. The quantitative estimate of drug-likeness (QED) is 0.504. The Morgan fingerprint density at radius 2 is 1.75 bits per heavy atom. The first kappa shape index (κ1) is 18.5. The molecule has 0 bridgehead atoms. The average molecular weight is 331 g/mol. The van der Waals surface area contributed by atoms with E-state index in [0.717, 1.165) is 30.3 Å². The van der Waals surface area contributed by atoms with Crippen molar-refractivity contribution in [1.29, 1.82) is 0 Å². The number of hydrogen-bond donors (Lipinski definition) is 0. The second kappa shape index (κ2) is 8.86. The van der Waals surface area contributed by atoms with Gasteiger partial charge in [-0.3, -0.25) is 14.5 Å². The number of benzene rings is 1. The normalized spacial score (nSPS) is 17.8. The van der Waals surface area contributed by atoms with Gasteiger partial charge in [0.1, 0.15) is 5.75 Å². The summed E-state index contributed by atoms with van der Waals surface area (Å²) in [6, 6.07) is 7.58. The van der Waals surface area contributed by atoms with Crippen LogP contribution in [0.15, 0.2) is 24.3 Å². The molecule has 4 nitrogen and oxygen atoms in total. The maximum absolute atomic E-state index is 12.0. The molecule has 1 fully saturated rings. The number of unbranched alkanes of at least 4 members (excludes halogenated alkanes) is 3. The molecule has 1 aliphatic rings. The summed E-state index contributed by atoms with van der Waals surface area (Å²) in [5.74, 6) is 1.06. The van der Waals surface area contributed by atoms with Gasteiger partial charge in [0, 0.05) is 13.5 Å². The van der Waals surface area contributed by atoms with Gasteiger partial charge in [-0.25, -0.2) is 0 Å². The lowest BCUT2D eigenvalue weighted by molar-refractivity contribution is -0.137. The lowest BCUT2D eigenvalue weighted by atomic mass is 9.97. The van der Waals surface area contributed by atoms with E-state index in [0.29, 0.717) is 0 Å². The van der Waals surface area contributed by atoms with E-state index in [-0.39, 0.29) is 24.2 Å². The van der Waals surface area contributed by atoms with Crippen LogP contribution in [0.3, 0.4) is 0 Å². The highest BCUT2D eigenvalue weighted by atomic mass is 16.5. The topological polar surface area (TPSA) is 46.6 Å². The largest absolute Gasteiger partial charge is 0.494 e. The van der Waals surface area contributed by atoms with E-state index in [4.69, 9.17) is 4.74 Å². The van der Waals surface area contributed by atoms with E-state index >= 15 is 0 Å². The van der Waals surface area contributed by atoms with Gasteiger partial charge >= 0.3 is 0 Å². The van der Waals surface area contributed by atoms with Gasteiger partial charge in [0.05, 0.1) is 12.5 Å². The molecule has 1 aromatic carbocycles. The summed E-state index contributed by atoms with van der Waals surface area (Å²) in [6.45, 7) is 5.25. The molecule has 0 aliphatic carbocycles. The summed E-state index contributed by atoms with van der Waals surface area (Å²) in [5, 5.41) is 0. The molecule has 24 heavy (non-hydrogen) atoms. The number of nitrogens with zero attached hydrogens (tertiary/aromatic N) is 1. The van der Waals surface area contributed by atoms with E-state index in [1.807, 2.05) is 24.3 Å². The van der Waals surface area contributed by atoms with Crippen LogP contribution in [-0.2, 0) is 9.59 Å². The molecule has 1 saturated heterocycles. The van der Waals surface area contributed by atoms with Gasteiger partial charge in [0.15, 0.2) is 0 Å². The van der Waals surface area contributed by atoms with Crippen molar-refractivity contribution in [3.8, 4) is 5.75 Å². The molecule has 1 heterocycles. The first-order valence-corrected chi connectivity index (χ1v) is 9.02. The summed E-state index contributed by atoms with van der Waals surface area (Å²) >= 11 is 0. The fourth-order valence-electron chi connectivity index (χ4n) is 3.01. The number of rotatable bonds is 9. The van der Waals surface area contributed by atoms with E-state index in [1.54, 1.807) is 7.05 Å². The highest BCUT2D eigenvalue weighted by Crippen LogP contribution is 2.29. The minimum atomic E-state index is -0.336. The van der Waals surface area contributed by atoms with Crippen LogP contribution in [0.25, 0.3) is 0 Å². The molecular formula is C20H29NO3. The third kappa shape index (κ3) is 5.08. The number of carbonyl (C=O) groups excluding carboxylic acids is 2. The Morgan fingerprint density at radius 3 is 2.33 bits per heavy atom. The van der Waals surface area contributed by atoms with Gasteiger partial charge in [0.25, 0.3) is 0 Å². The average Bonchev–Trinajstić information content (AvgIpc) is 2.82. The molecule has 1 aromatic rings. The zero-order valence-corrected chi connectivity index (χ0v) is 15.1. The minimum Gasteiger partial charge on any atom is -0.494 e. The van der Waals surface area contributed by atoms with Crippen molar-refractivity contribution in [2.24, 2.45) is 5.92 Å². The van der Waals surface area contributed by atoms with Crippen molar-refractivity contribution >= 4 is 11.8 Å². The van der Waals surface area contributed by atoms with Gasteiger partial charge in [-0.1, -0.05) is 51.7 Å². The molecule has 2 amide bonds. The number of likely N-dealkylation sites (N-methyl/N-ethyl adjacent to an activating group) is 1. The van der Waals surface area contributed by atoms with Crippen LogP contribution < -0.4 is 4.74 Å². The zero-order valence-electron chi connectivity index (χ0n) is 15.1. The van der Waals surface area contributed by atoms with Crippen molar-refractivity contribution in [3.63, 3.8) is 0 Å². The Morgan fingerprint density at radius 1 is 1.08 bits per heavy atom. The first-order valence-electron chi connectivity index (χ1n) is 9.02. The van der Waals surface area contributed by atoms with Crippen LogP contribution >= 0.6 is 0 Å².